The molecule has 0 radical (unpaired) electrons. The van der Waals surface area contributed by atoms with Crippen molar-refractivity contribution in [2.75, 3.05) is 6.61 Å². The molecule has 0 spiro atoms. The highest BCUT2D eigenvalue weighted by molar-refractivity contribution is 5.89. The number of cyclic esters (lactones) is 1. The Hall–Kier alpha value is -2.97. The van der Waals surface area contributed by atoms with Gasteiger partial charge in [-0.05, 0) is 49.2 Å². The van der Waals surface area contributed by atoms with E-state index in [4.69, 9.17) is 23.7 Å². The Morgan fingerprint density at radius 1 is 0.935 bits per heavy atom. The lowest BCUT2D eigenvalue weighted by Crippen LogP contribution is -2.33. The lowest BCUT2D eigenvalue weighted by atomic mass is 10.1. The van der Waals surface area contributed by atoms with Crippen molar-refractivity contribution in [1.29, 1.82) is 0 Å². The highest BCUT2D eigenvalue weighted by Crippen LogP contribution is 2.35. The fourth-order valence-corrected chi connectivity index (χ4v) is 3.32. The molecule has 6 nitrogen and oxygen atoms in total. The average Bonchev–Trinajstić information content (AvgIpc) is 3.26. The van der Waals surface area contributed by atoms with E-state index in [9.17, 15) is 13.6 Å². The van der Waals surface area contributed by atoms with E-state index in [2.05, 4.69) is 0 Å². The van der Waals surface area contributed by atoms with Gasteiger partial charge < -0.3 is 23.7 Å². The minimum absolute atomic E-state index is 0.0222. The summed E-state index contributed by atoms with van der Waals surface area (Å²) in [6.45, 7) is 3.83. The molecule has 164 valence electrons. The second-order valence-corrected chi connectivity index (χ2v) is 7.72. The third-order valence-corrected chi connectivity index (χ3v) is 4.87. The van der Waals surface area contributed by atoms with E-state index in [1.54, 1.807) is 38.1 Å². The molecule has 0 saturated carbocycles. The number of carbonyl (C=O) groups excluding carboxylic acids is 1. The summed E-state index contributed by atoms with van der Waals surface area (Å²) in [7, 11) is 0. The van der Waals surface area contributed by atoms with E-state index in [1.165, 1.54) is 24.3 Å². The van der Waals surface area contributed by atoms with Crippen LogP contribution >= 0.6 is 0 Å². The largest absolute Gasteiger partial charge is 0.485 e. The Morgan fingerprint density at radius 3 is 2.00 bits per heavy atom. The normalized spacial score (nSPS) is 22.5. The minimum Gasteiger partial charge on any atom is -0.485 e. The molecule has 1 fully saturated rings. The summed E-state index contributed by atoms with van der Waals surface area (Å²) in [6, 6.07) is 11.5. The van der Waals surface area contributed by atoms with Crippen LogP contribution in [0, 0.1) is 11.6 Å². The average molecular weight is 432 g/mol. The van der Waals surface area contributed by atoms with Crippen molar-refractivity contribution in [3.8, 4) is 0 Å². The molecule has 0 unspecified atom stereocenters. The Kier molecular flexibility index (Phi) is 5.93. The zero-order chi connectivity index (χ0) is 22.0. The smallest absolute Gasteiger partial charge is 0.378 e. The van der Waals surface area contributed by atoms with Crippen LogP contribution in [0.25, 0.3) is 0 Å². The van der Waals surface area contributed by atoms with Crippen molar-refractivity contribution in [3.05, 3.63) is 82.8 Å². The predicted octanol–water partition coefficient (Wildman–Crippen LogP) is 3.99. The number of benzene rings is 2. The molecule has 1 saturated heterocycles. The first-order valence-electron chi connectivity index (χ1n) is 9.82. The highest BCUT2D eigenvalue weighted by atomic mass is 19.1. The number of carbonyl (C=O) groups is 1. The van der Waals surface area contributed by atoms with Gasteiger partial charge in [0.15, 0.2) is 17.7 Å². The Bertz CT molecular complexity index is 969. The van der Waals surface area contributed by atoms with Crippen LogP contribution in [0.5, 0.6) is 0 Å². The summed E-state index contributed by atoms with van der Waals surface area (Å²) in [6.07, 6.45) is -1.42. The van der Waals surface area contributed by atoms with Crippen LogP contribution in [0.3, 0.4) is 0 Å². The molecule has 31 heavy (non-hydrogen) atoms. The fraction of sp³-hybridized carbons (Fsp3) is 0.348. The number of ether oxygens (including phenoxy) is 5. The van der Waals surface area contributed by atoms with Gasteiger partial charge in [0.2, 0.25) is 5.76 Å². The van der Waals surface area contributed by atoms with Crippen molar-refractivity contribution in [3.63, 3.8) is 0 Å². The van der Waals surface area contributed by atoms with Gasteiger partial charge in [-0.1, -0.05) is 24.3 Å². The summed E-state index contributed by atoms with van der Waals surface area (Å²) in [4.78, 5) is 12.6. The van der Waals surface area contributed by atoms with E-state index < -0.39 is 24.0 Å². The first kappa shape index (κ1) is 21.3. The number of esters is 1. The van der Waals surface area contributed by atoms with Crippen molar-refractivity contribution in [1.82, 2.24) is 0 Å². The van der Waals surface area contributed by atoms with Gasteiger partial charge in [0, 0.05) is 0 Å². The molecule has 2 aromatic carbocycles. The molecule has 2 heterocycles. The summed E-state index contributed by atoms with van der Waals surface area (Å²) >= 11 is 0. The van der Waals surface area contributed by atoms with Crippen molar-refractivity contribution in [2.45, 2.75) is 45.1 Å². The molecule has 2 atom stereocenters. The minimum atomic E-state index is -0.849. The molecule has 8 heteroatoms. The van der Waals surface area contributed by atoms with Gasteiger partial charge >= 0.3 is 5.97 Å². The molecule has 0 N–H and O–H groups in total. The van der Waals surface area contributed by atoms with Crippen molar-refractivity contribution >= 4 is 5.97 Å². The molecule has 0 aliphatic carbocycles. The zero-order valence-electron chi connectivity index (χ0n) is 17.1. The van der Waals surface area contributed by atoms with Crippen LogP contribution in [-0.2, 0) is 41.7 Å². The molecular weight excluding hydrogens is 410 g/mol. The van der Waals surface area contributed by atoms with Gasteiger partial charge in [-0.3, -0.25) is 0 Å². The highest BCUT2D eigenvalue weighted by Gasteiger charge is 2.48. The standard InChI is InChI=1S/C23H22F2O6/c1-23(2)29-13-18(31-23)19-20(27-11-14-3-7-16(24)8-4-14)21(22(26)30-19)28-12-15-5-9-17(25)10-6-15/h3-10,18-19H,11-13H2,1-2H3/t18-,19+/m0/s1. The molecular formula is C23H22F2O6. The summed E-state index contributed by atoms with van der Waals surface area (Å²) in [5.41, 5.74) is 1.37. The fourth-order valence-electron chi connectivity index (χ4n) is 3.32. The number of rotatable bonds is 7. The van der Waals surface area contributed by atoms with E-state index in [0.29, 0.717) is 11.1 Å². The quantitative estimate of drug-likeness (QED) is 0.617. The van der Waals surface area contributed by atoms with Gasteiger partial charge in [0.05, 0.1) is 6.61 Å². The molecule has 0 amide bonds. The van der Waals surface area contributed by atoms with E-state index in [0.717, 1.165) is 0 Å². The monoisotopic (exact) mass is 432 g/mol. The van der Waals surface area contributed by atoms with E-state index >= 15 is 0 Å². The van der Waals surface area contributed by atoms with Gasteiger partial charge in [0.1, 0.15) is 31.0 Å². The predicted molar refractivity (Wildman–Crippen MR) is 104 cm³/mol. The molecule has 2 aliphatic rings. The Balaban J connectivity index is 1.55. The van der Waals surface area contributed by atoms with Crippen LogP contribution in [0.2, 0.25) is 0 Å². The van der Waals surface area contributed by atoms with Crippen molar-refractivity contribution in [2.24, 2.45) is 0 Å². The number of hydrogen-bond donors (Lipinski definition) is 0. The maximum atomic E-state index is 13.2. The van der Waals surface area contributed by atoms with Crippen LogP contribution < -0.4 is 0 Å². The molecule has 2 aromatic rings. The van der Waals surface area contributed by atoms with E-state index in [1.807, 2.05) is 0 Å². The van der Waals surface area contributed by atoms with Gasteiger partial charge in [-0.2, -0.15) is 0 Å². The Morgan fingerprint density at radius 2 is 1.48 bits per heavy atom. The van der Waals surface area contributed by atoms with Crippen LogP contribution in [0.1, 0.15) is 25.0 Å². The summed E-state index contributed by atoms with van der Waals surface area (Å²) in [5, 5.41) is 0. The van der Waals surface area contributed by atoms with Gasteiger partial charge in [-0.15, -0.1) is 0 Å². The second kappa shape index (κ2) is 8.64. The topological polar surface area (TPSA) is 63.2 Å². The first-order chi connectivity index (χ1) is 14.8. The third-order valence-electron chi connectivity index (χ3n) is 4.87. The molecule has 2 aliphatic heterocycles. The van der Waals surface area contributed by atoms with Crippen LogP contribution in [0.4, 0.5) is 8.78 Å². The first-order valence-corrected chi connectivity index (χ1v) is 9.82. The van der Waals surface area contributed by atoms with Gasteiger partial charge in [-0.25, -0.2) is 13.6 Å². The number of halogens is 2. The second-order valence-electron chi connectivity index (χ2n) is 7.72. The van der Waals surface area contributed by atoms with Crippen LogP contribution in [-0.4, -0.2) is 30.6 Å². The van der Waals surface area contributed by atoms with Crippen LogP contribution in [0.15, 0.2) is 60.0 Å². The lowest BCUT2D eigenvalue weighted by molar-refractivity contribution is -0.164. The lowest BCUT2D eigenvalue weighted by Gasteiger charge is -2.22. The molecule has 4 rings (SSSR count). The maximum absolute atomic E-state index is 13.2. The number of hydrogen-bond acceptors (Lipinski definition) is 6. The third kappa shape index (κ3) is 5.03. The molecule has 0 aromatic heterocycles. The van der Waals surface area contributed by atoms with E-state index in [-0.39, 0.29) is 43.0 Å². The van der Waals surface area contributed by atoms with Crippen molar-refractivity contribution < 1.29 is 37.3 Å². The van der Waals surface area contributed by atoms with Gasteiger partial charge in [0.25, 0.3) is 0 Å². The maximum Gasteiger partial charge on any atom is 0.378 e. The summed E-state index contributed by atoms with van der Waals surface area (Å²) in [5.74, 6) is -2.13. The molecule has 0 bridgehead atoms. The zero-order valence-corrected chi connectivity index (χ0v) is 17.1. The SMILES string of the molecule is CC1(C)OC[C@@H]([C@H]2OC(=O)C(OCc3ccc(F)cc3)=C2OCc2ccc(F)cc2)O1. The Labute approximate surface area is 178 Å². The summed E-state index contributed by atoms with van der Waals surface area (Å²) < 4.78 is 54.8.